The zero-order valence-corrected chi connectivity index (χ0v) is 12.4. The molecule has 3 heteroatoms. The maximum atomic E-state index is 5.48. The van der Waals surface area contributed by atoms with Crippen LogP contribution < -0.4 is 10.5 Å². The molecule has 0 saturated heterocycles. The third-order valence-electron chi connectivity index (χ3n) is 3.38. The van der Waals surface area contributed by atoms with Crippen LogP contribution in [0.3, 0.4) is 0 Å². The number of hydrogen-bond acceptors (Lipinski definition) is 3. The van der Waals surface area contributed by atoms with Crippen molar-refractivity contribution in [2.75, 3.05) is 27.2 Å². The molecule has 0 aliphatic rings. The second-order valence-corrected chi connectivity index (χ2v) is 5.11. The maximum absolute atomic E-state index is 5.48. The van der Waals surface area contributed by atoms with E-state index in [4.69, 9.17) is 10.5 Å². The van der Waals surface area contributed by atoms with Gasteiger partial charge in [0.2, 0.25) is 0 Å². The minimum Gasteiger partial charge on any atom is -0.496 e. The molecule has 1 rings (SSSR count). The highest BCUT2D eigenvalue weighted by molar-refractivity contribution is 5.32. The first-order chi connectivity index (χ1) is 9.27. The van der Waals surface area contributed by atoms with Crippen molar-refractivity contribution < 1.29 is 4.74 Å². The molecule has 0 aromatic heterocycles. The van der Waals surface area contributed by atoms with E-state index in [2.05, 4.69) is 24.1 Å². The summed E-state index contributed by atoms with van der Waals surface area (Å²) < 4.78 is 5.38. The minimum atomic E-state index is 0.827. The number of methoxy groups -OCH3 is 1. The number of para-hydroxylation sites is 1. The lowest BCUT2D eigenvalue weighted by Crippen LogP contribution is -2.19. The Kier molecular flexibility index (Phi) is 8.26. The second kappa shape index (κ2) is 9.82. The first-order valence-corrected chi connectivity index (χ1v) is 7.28. The molecule has 2 N–H and O–H groups in total. The minimum absolute atomic E-state index is 0.827. The molecule has 0 radical (unpaired) electrons. The highest BCUT2D eigenvalue weighted by Gasteiger charge is 2.05. The van der Waals surface area contributed by atoms with Gasteiger partial charge in [-0.3, -0.25) is 0 Å². The summed E-state index contributed by atoms with van der Waals surface area (Å²) in [6, 6.07) is 8.24. The summed E-state index contributed by atoms with van der Waals surface area (Å²) in [5.74, 6) is 0.984. The van der Waals surface area contributed by atoms with Crippen LogP contribution in [-0.4, -0.2) is 32.1 Å². The quantitative estimate of drug-likeness (QED) is 0.660. The normalized spacial score (nSPS) is 10.9. The molecule has 3 nitrogen and oxygen atoms in total. The monoisotopic (exact) mass is 264 g/mol. The molecule has 19 heavy (non-hydrogen) atoms. The Labute approximate surface area is 117 Å². The summed E-state index contributed by atoms with van der Waals surface area (Å²) in [5, 5.41) is 0. The number of rotatable bonds is 10. The van der Waals surface area contributed by atoms with Crippen molar-refractivity contribution in [2.45, 2.75) is 38.6 Å². The van der Waals surface area contributed by atoms with E-state index in [-0.39, 0.29) is 0 Å². The standard InChI is InChI=1S/C16H28N2O/c1-18(13-9-5-3-4-8-12-17)14-15-10-6-7-11-16(15)19-2/h6-7,10-11H,3-5,8-9,12-14,17H2,1-2H3. The van der Waals surface area contributed by atoms with Gasteiger partial charge in [0, 0.05) is 12.1 Å². The number of benzene rings is 1. The number of nitrogens with zero attached hydrogens (tertiary/aromatic N) is 1. The van der Waals surface area contributed by atoms with Crippen LogP contribution in [0, 0.1) is 0 Å². The third kappa shape index (κ3) is 6.60. The largest absolute Gasteiger partial charge is 0.496 e. The number of hydrogen-bond donors (Lipinski definition) is 1. The summed E-state index contributed by atoms with van der Waals surface area (Å²) in [6.45, 7) is 2.92. The second-order valence-electron chi connectivity index (χ2n) is 5.11. The maximum Gasteiger partial charge on any atom is 0.123 e. The van der Waals surface area contributed by atoms with Crippen molar-refractivity contribution >= 4 is 0 Å². The summed E-state index contributed by atoms with van der Waals surface area (Å²) >= 11 is 0. The van der Waals surface area contributed by atoms with Gasteiger partial charge in [-0.25, -0.2) is 0 Å². The summed E-state index contributed by atoms with van der Waals surface area (Å²) in [7, 11) is 3.91. The Balaban J connectivity index is 2.21. The topological polar surface area (TPSA) is 38.5 Å². The lowest BCUT2D eigenvalue weighted by atomic mass is 10.1. The molecule has 0 atom stereocenters. The molecule has 0 aliphatic heterocycles. The van der Waals surface area contributed by atoms with E-state index in [1.165, 1.54) is 31.2 Å². The van der Waals surface area contributed by atoms with Gasteiger partial charge in [-0.2, -0.15) is 0 Å². The smallest absolute Gasteiger partial charge is 0.123 e. The van der Waals surface area contributed by atoms with E-state index >= 15 is 0 Å². The summed E-state index contributed by atoms with van der Waals surface area (Å²) in [4.78, 5) is 2.36. The van der Waals surface area contributed by atoms with E-state index in [0.717, 1.165) is 31.8 Å². The molecule has 0 bridgehead atoms. The van der Waals surface area contributed by atoms with Gasteiger partial charge in [0.25, 0.3) is 0 Å². The fourth-order valence-electron chi connectivity index (χ4n) is 2.26. The van der Waals surface area contributed by atoms with Gasteiger partial charge in [0.05, 0.1) is 7.11 Å². The van der Waals surface area contributed by atoms with E-state index in [0.29, 0.717) is 0 Å². The molecule has 1 aromatic carbocycles. The zero-order chi connectivity index (χ0) is 13.9. The number of unbranched alkanes of at least 4 members (excludes halogenated alkanes) is 4. The molecular weight excluding hydrogens is 236 g/mol. The van der Waals surface area contributed by atoms with Gasteiger partial charge in [0.15, 0.2) is 0 Å². The van der Waals surface area contributed by atoms with Gasteiger partial charge < -0.3 is 15.4 Å². The predicted octanol–water partition coefficient (Wildman–Crippen LogP) is 3.04. The van der Waals surface area contributed by atoms with Crippen LogP contribution in [0.2, 0.25) is 0 Å². The van der Waals surface area contributed by atoms with Crippen LogP contribution in [0.15, 0.2) is 24.3 Å². The third-order valence-corrected chi connectivity index (χ3v) is 3.38. The first kappa shape index (κ1) is 16.0. The fraction of sp³-hybridized carbons (Fsp3) is 0.625. The molecule has 1 aromatic rings. The lowest BCUT2D eigenvalue weighted by molar-refractivity contribution is 0.308. The van der Waals surface area contributed by atoms with Gasteiger partial charge in [-0.05, 0) is 39.0 Å². The van der Waals surface area contributed by atoms with Gasteiger partial charge in [-0.1, -0.05) is 37.5 Å². The van der Waals surface area contributed by atoms with Crippen molar-refractivity contribution in [1.82, 2.24) is 4.90 Å². The molecule has 108 valence electrons. The van der Waals surface area contributed by atoms with E-state index in [1.54, 1.807) is 7.11 Å². The Hall–Kier alpha value is -1.06. The van der Waals surface area contributed by atoms with E-state index < -0.39 is 0 Å². The van der Waals surface area contributed by atoms with E-state index in [9.17, 15) is 0 Å². The number of ether oxygens (including phenoxy) is 1. The van der Waals surface area contributed by atoms with Crippen LogP contribution in [0.5, 0.6) is 5.75 Å². The van der Waals surface area contributed by atoms with Gasteiger partial charge in [-0.15, -0.1) is 0 Å². The van der Waals surface area contributed by atoms with Crippen molar-refractivity contribution in [1.29, 1.82) is 0 Å². The van der Waals surface area contributed by atoms with Crippen LogP contribution in [0.4, 0.5) is 0 Å². The first-order valence-electron chi connectivity index (χ1n) is 7.28. The molecule has 0 aliphatic carbocycles. The van der Waals surface area contributed by atoms with Crippen LogP contribution in [0.25, 0.3) is 0 Å². The van der Waals surface area contributed by atoms with Crippen LogP contribution in [0.1, 0.15) is 37.7 Å². The SMILES string of the molecule is COc1ccccc1CN(C)CCCCCCCN. The molecule has 0 saturated carbocycles. The Morgan fingerprint density at radius 3 is 2.47 bits per heavy atom. The van der Waals surface area contributed by atoms with Crippen LogP contribution >= 0.6 is 0 Å². The van der Waals surface area contributed by atoms with Gasteiger partial charge in [0.1, 0.15) is 5.75 Å². The molecule has 0 amide bonds. The highest BCUT2D eigenvalue weighted by atomic mass is 16.5. The summed E-state index contributed by atoms with van der Waals surface area (Å²) in [5.41, 5.74) is 6.74. The Bertz CT molecular complexity index is 341. The Morgan fingerprint density at radius 1 is 1.05 bits per heavy atom. The molecule has 0 heterocycles. The van der Waals surface area contributed by atoms with Crippen molar-refractivity contribution in [2.24, 2.45) is 5.73 Å². The predicted molar refractivity (Wildman–Crippen MR) is 81.5 cm³/mol. The number of nitrogens with two attached hydrogens (primary N) is 1. The summed E-state index contributed by atoms with van der Waals surface area (Å²) in [6.07, 6.45) is 6.30. The average Bonchev–Trinajstić information content (AvgIpc) is 2.43. The lowest BCUT2D eigenvalue weighted by Gasteiger charge is -2.18. The van der Waals surface area contributed by atoms with Crippen molar-refractivity contribution in [3.05, 3.63) is 29.8 Å². The molecular formula is C16H28N2O. The Morgan fingerprint density at radius 2 is 1.74 bits per heavy atom. The van der Waals surface area contributed by atoms with Crippen molar-refractivity contribution in [3.63, 3.8) is 0 Å². The molecule has 0 fully saturated rings. The van der Waals surface area contributed by atoms with Crippen LogP contribution in [-0.2, 0) is 6.54 Å². The van der Waals surface area contributed by atoms with Gasteiger partial charge >= 0.3 is 0 Å². The zero-order valence-electron chi connectivity index (χ0n) is 12.4. The van der Waals surface area contributed by atoms with Crippen molar-refractivity contribution in [3.8, 4) is 5.75 Å². The fourth-order valence-corrected chi connectivity index (χ4v) is 2.26. The van der Waals surface area contributed by atoms with E-state index in [1.807, 2.05) is 12.1 Å². The molecule has 0 spiro atoms. The average molecular weight is 264 g/mol. The molecule has 0 unspecified atom stereocenters. The highest BCUT2D eigenvalue weighted by Crippen LogP contribution is 2.18.